The second-order valence-electron chi connectivity index (χ2n) is 5.88. The lowest BCUT2D eigenvalue weighted by Gasteiger charge is -2.25. The number of amides is 1. The number of piperidine rings is 1. The monoisotopic (exact) mass is 253 g/mol. The minimum Gasteiger partial charge on any atom is -0.353 e. The van der Waals surface area contributed by atoms with Crippen LogP contribution in [0, 0.1) is 5.92 Å². The molecule has 1 heterocycles. The third-order valence-corrected chi connectivity index (χ3v) is 4.04. The zero-order valence-corrected chi connectivity index (χ0v) is 11.6. The largest absolute Gasteiger partial charge is 0.353 e. The van der Waals surface area contributed by atoms with E-state index in [1.165, 1.54) is 45.2 Å². The zero-order valence-electron chi connectivity index (χ0n) is 11.6. The molecule has 1 aliphatic carbocycles. The summed E-state index contributed by atoms with van der Waals surface area (Å²) in [5.41, 5.74) is 0. The van der Waals surface area contributed by atoms with Crippen LogP contribution in [0.4, 0.5) is 0 Å². The van der Waals surface area contributed by atoms with Gasteiger partial charge < -0.3 is 15.5 Å². The van der Waals surface area contributed by atoms with Gasteiger partial charge in [0.05, 0.1) is 0 Å². The molecule has 4 nitrogen and oxygen atoms in total. The molecule has 0 aromatic heterocycles. The molecule has 18 heavy (non-hydrogen) atoms. The molecule has 0 aromatic carbocycles. The summed E-state index contributed by atoms with van der Waals surface area (Å²) in [6.07, 6.45) is 6.92. The SMILES string of the molecule is CN(CCC(=O)NC1CC1)CCC1CCNCC1. The van der Waals surface area contributed by atoms with Crippen LogP contribution in [0.1, 0.15) is 38.5 Å². The van der Waals surface area contributed by atoms with Crippen molar-refractivity contribution >= 4 is 5.91 Å². The maximum absolute atomic E-state index is 11.6. The van der Waals surface area contributed by atoms with Crippen LogP contribution in [0.3, 0.4) is 0 Å². The van der Waals surface area contributed by atoms with Crippen LogP contribution in [0.2, 0.25) is 0 Å². The molecule has 104 valence electrons. The van der Waals surface area contributed by atoms with E-state index >= 15 is 0 Å². The van der Waals surface area contributed by atoms with E-state index < -0.39 is 0 Å². The van der Waals surface area contributed by atoms with Crippen molar-refractivity contribution < 1.29 is 4.79 Å². The van der Waals surface area contributed by atoms with Crippen molar-refractivity contribution in [2.24, 2.45) is 5.92 Å². The van der Waals surface area contributed by atoms with Crippen LogP contribution in [-0.4, -0.2) is 50.1 Å². The van der Waals surface area contributed by atoms with Gasteiger partial charge in [-0.1, -0.05) is 0 Å². The minimum absolute atomic E-state index is 0.228. The molecule has 1 saturated carbocycles. The fourth-order valence-electron chi connectivity index (χ4n) is 2.51. The summed E-state index contributed by atoms with van der Waals surface area (Å²) >= 11 is 0. The van der Waals surface area contributed by atoms with Gasteiger partial charge in [0.2, 0.25) is 5.91 Å². The van der Waals surface area contributed by atoms with Crippen molar-refractivity contribution in [3.05, 3.63) is 0 Å². The molecule has 0 atom stereocenters. The highest BCUT2D eigenvalue weighted by Gasteiger charge is 2.23. The molecule has 2 rings (SSSR count). The Hall–Kier alpha value is -0.610. The number of hydrogen-bond donors (Lipinski definition) is 2. The molecule has 1 aliphatic heterocycles. The lowest BCUT2D eigenvalue weighted by molar-refractivity contribution is -0.121. The molecule has 0 radical (unpaired) electrons. The Labute approximate surface area is 110 Å². The van der Waals surface area contributed by atoms with Gasteiger partial charge in [-0.15, -0.1) is 0 Å². The molecule has 1 saturated heterocycles. The number of hydrogen-bond acceptors (Lipinski definition) is 3. The second kappa shape index (κ2) is 7.10. The highest BCUT2D eigenvalue weighted by Crippen LogP contribution is 2.18. The van der Waals surface area contributed by atoms with Crippen molar-refractivity contribution in [2.75, 3.05) is 33.2 Å². The first kappa shape index (κ1) is 13.8. The summed E-state index contributed by atoms with van der Waals surface area (Å²) < 4.78 is 0. The number of carbonyl (C=O) groups is 1. The highest BCUT2D eigenvalue weighted by atomic mass is 16.1. The van der Waals surface area contributed by atoms with Gasteiger partial charge in [0, 0.05) is 19.0 Å². The Morgan fingerprint density at radius 3 is 2.61 bits per heavy atom. The molecule has 0 spiro atoms. The van der Waals surface area contributed by atoms with Gasteiger partial charge >= 0.3 is 0 Å². The Morgan fingerprint density at radius 1 is 1.22 bits per heavy atom. The normalized spacial score (nSPS) is 21.2. The van der Waals surface area contributed by atoms with E-state index in [1.807, 2.05) is 0 Å². The van der Waals surface area contributed by atoms with Gasteiger partial charge in [0.15, 0.2) is 0 Å². The standard InChI is InChI=1S/C14H27N3O/c1-17(10-6-12-4-8-15-9-5-12)11-7-14(18)16-13-2-3-13/h12-13,15H,2-11H2,1H3,(H,16,18). The van der Waals surface area contributed by atoms with E-state index in [0.29, 0.717) is 12.5 Å². The van der Waals surface area contributed by atoms with E-state index in [4.69, 9.17) is 0 Å². The molecule has 2 fully saturated rings. The second-order valence-corrected chi connectivity index (χ2v) is 5.88. The first-order valence-electron chi connectivity index (χ1n) is 7.42. The number of nitrogens with one attached hydrogen (secondary N) is 2. The van der Waals surface area contributed by atoms with Crippen LogP contribution in [0.15, 0.2) is 0 Å². The Balaban J connectivity index is 1.50. The van der Waals surface area contributed by atoms with Crippen molar-refractivity contribution in [2.45, 2.75) is 44.6 Å². The fraction of sp³-hybridized carbons (Fsp3) is 0.929. The van der Waals surface area contributed by atoms with Gasteiger partial charge in [-0.3, -0.25) is 4.79 Å². The minimum atomic E-state index is 0.228. The third-order valence-electron chi connectivity index (χ3n) is 4.04. The van der Waals surface area contributed by atoms with E-state index in [9.17, 15) is 4.79 Å². The third kappa shape index (κ3) is 5.36. The average Bonchev–Trinajstić information content (AvgIpc) is 3.19. The van der Waals surface area contributed by atoms with E-state index in [1.54, 1.807) is 0 Å². The predicted molar refractivity (Wildman–Crippen MR) is 73.5 cm³/mol. The van der Waals surface area contributed by atoms with E-state index in [2.05, 4.69) is 22.6 Å². The quantitative estimate of drug-likeness (QED) is 0.711. The summed E-state index contributed by atoms with van der Waals surface area (Å²) in [6.45, 7) is 4.38. The number of rotatable bonds is 7. The number of nitrogens with zero attached hydrogens (tertiary/aromatic N) is 1. The maximum Gasteiger partial charge on any atom is 0.221 e. The molecule has 0 unspecified atom stereocenters. The Morgan fingerprint density at radius 2 is 1.94 bits per heavy atom. The lowest BCUT2D eigenvalue weighted by Crippen LogP contribution is -2.32. The van der Waals surface area contributed by atoms with Crippen molar-refractivity contribution in [1.29, 1.82) is 0 Å². The van der Waals surface area contributed by atoms with Crippen molar-refractivity contribution in [3.8, 4) is 0 Å². The van der Waals surface area contributed by atoms with Crippen LogP contribution in [-0.2, 0) is 4.79 Å². The number of carbonyl (C=O) groups excluding carboxylic acids is 1. The molecular weight excluding hydrogens is 226 g/mol. The van der Waals surface area contributed by atoms with E-state index in [-0.39, 0.29) is 5.91 Å². The Bertz CT molecular complexity index is 260. The van der Waals surface area contributed by atoms with Crippen LogP contribution < -0.4 is 10.6 Å². The van der Waals surface area contributed by atoms with Gasteiger partial charge in [-0.25, -0.2) is 0 Å². The summed E-state index contributed by atoms with van der Waals surface area (Å²) in [5.74, 6) is 1.11. The lowest BCUT2D eigenvalue weighted by atomic mass is 9.94. The molecule has 4 heteroatoms. The van der Waals surface area contributed by atoms with Gasteiger partial charge in [-0.2, -0.15) is 0 Å². The van der Waals surface area contributed by atoms with Crippen LogP contribution >= 0.6 is 0 Å². The first-order chi connectivity index (χ1) is 8.74. The summed E-state index contributed by atoms with van der Waals surface area (Å²) in [7, 11) is 2.13. The van der Waals surface area contributed by atoms with Crippen molar-refractivity contribution in [1.82, 2.24) is 15.5 Å². The maximum atomic E-state index is 11.6. The molecule has 2 N–H and O–H groups in total. The molecule has 0 aromatic rings. The van der Waals surface area contributed by atoms with Crippen LogP contribution in [0.5, 0.6) is 0 Å². The topological polar surface area (TPSA) is 44.4 Å². The highest BCUT2D eigenvalue weighted by molar-refractivity contribution is 5.76. The zero-order chi connectivity index (χ0) is 12.8. The smallest absolute Gasteiger partial charge is 0.221 e. The van der Waals surface area contributed by atoms with Crippen LogP contribution in [0.25, 0.3) is 0 Å². The summed E-state index contributed by atoms with van der Waals surface area (Å²) in [4.78, 5) is 13.9. The molecule has 1 amide bonds. The summed E-state index contributed by atoms with van der Waals surface area (Å²) in [5, 5.41) is 6.44. The first-order valence-corrected chi connectivity index (χ1v) is 7.42. The van der Waals surface area contributed by atoms with Gasteiger partial charge in [0.1, 0.15) is 0 Å². The average molecular weight is 253 g/mol. The van der Waals surface area contributed by atoms with Gasteiger partial charge in [-0.05, 0) is 64.7 Å². The van der Waals surface area contributed by atoms with E-state index in [0.717, 1.165) is 19.0 Å². The Kier molecular flexibility index (Phi) is 5.45. The van der Waals surface area contributed by atoms with Crippen molar-refractivity contribution in [3.63, 3.8) is 0 Å². The summed E-state index contributed by atoms with van der Waals surface area (Å²) in [6, 6.07) is 0.498. The molecular formula is C14H27N3O. The molecule has 0 bridgehead atoms. The molecule has 2 aliphatic rings. The fourth-order valence-corrected chi connectivity index (χ4v) is 2.51. The predicted octanol–water partition coefficient (Wildman–Crippen LogP) is 0.977. The van der Waals surface area contributed by atoms with Gasteiger partial charge in [0.25, 0.3) is 0 Å².